The maximum atomic E-state index is 13.3. The van der Waals surface area contributed by atoms with Crippen LogP contribution in [0.25, 0.3) is 0 Å². The van der Waals surface area contributed by atoms with E-state index in [0.717, 1.165) is 24.9 Å². The first-order chi connectivity index (χ1) is 9.70. The van der Waals surface area contributed by atoms with Crippen molar-refractivity contribution in [2.24, 2.45) is 0 Å². The van der Waals surface area contributed by atoms with Crippen molar-refractivity contribution in [3.05, 3.63) is 69.9 Å². The van der Waals surface area contributed by atoms with Crippen LogP contribution < -0.4 is 5.32 Å². The first kappa shape index (κ1) is 15.2. The summed E-state index contributed by atoms with van der Waals surface area (Å²) in [5.74, 6) is -0.216. The van der Waals surface area contributed by atoms with Crippen LogP contribution in [0.2, 0.25) is 0 Å². The molecular weight excluding hydrogens is 317 g/mol. The fourth-order valence-corrected chi connectivity index (χ4v) is 2.64. The van der Waals surface area contributed by atoms with Gasteiger partial charge in [0, 0.05) is 6.04 Å². The van der Waals surface area contributed by atoms with Crippen LogP contribution in [-0.2, 0) is 6.42 Å². The molecule has 0 fully saturated rings. The molecule has 0 amide bonds. The van der Waals surface area contributed by atoms with Crippen LogP contribution in [0.5, 0.6) is 0 Å². The van der Waals surface area contributed by atoms with Crippen molar-refractivity contribution in [3.63, 3.8) is 0 Å². The maximum absolute atomic E-state index is 13.3. The normalized spacial score (nSPS) is 12.3. The van der Waals surface area contributed by atoms with Gasteiger partial charge in [-0.05, 0) is 58.6 Å². The second kappa shape index (κ2) is 7.55. The van der Waals surface area contributed by atoms with E-state index in [1.807, 2.05) is 18.2 Å². The molecule has 1 nitrogen and oxygen atoms in total. The number of nitrogens with one attached hydrogen (secondary N) is 1. The van der Waals surface area contributed by atoms with E-state index in [4.69, 9.17) is 0 Å². The minimum Gasteiger partial charge on any atom is -0.310 e. The summed E-state index contributed by atoms with van der Waals surface area (Å²) in [7, 11) is 0. The van der Waals surface area contributed by atoms with E-state index in [1.54, 1.807) is 0 Å². The Balaban J connectivity index is 2.17. The van der Waals surface area contributed by atoms with Gasteiger partial charge >= 0.3 is 0 Å². The van der Waals surface area contributed by atoms with E-state index < -0.39 is 0 Å². The highest BCUT2D eigenvalue weighted by molar-refractivity contribution is 9.10. The smallest absolute Gasteiger partial charge is 0.137 e. The van der Waals surface area contributed by atoms with E-state index in [-0.39, 0.29) is 11.9 Å². The maximum Gasteiger partial charge on any atom is 0.137 e. The van der Waals surface area contributed by atoms with Gasteiger partial charge in [-0.2, -0.15) is 0 Å². The standard InChI is InChI=1S/C17H19BrFN/c1-2-10-20-17(14-6-4-3-5-7-14)12-13-8-9-16(19)15(18)11-13/h3-9,11,17,20H,2,10,12H2,1H3. The number of hydrogen-bond acceptors (Lipinski definition) is 1. The van der Waals surface area contributed by atoms with Crippen molar-refractivity contribution in [1.82, 2.24) is 5.32 Å². The lowest BCUT2D eigenvalue weighted by atomic mass is 9.99. The van der Waals surface area contributed by atoms with Crippen LogP contribution in [0.3, 0.4) is 0 Å². The second-order valence-electron chi connectivity index (χ2n) is 4.87. The molecule has 20 heavy (non-hydrogen) atoms. The largest absolute Gasteiger partial charge is 0.310 e. The zero-order valence-corrected chi connectivity index (χ0v) is 13.2. The molecule has 0 aliphatic rings. The Kier molecular flexibility index (Phi) is 5.74. The Morgan fingerprint density at radius 1 is 1.15 bits per heavy atom. The minimum atomic E-state index is -0.216. The van der Waals surface area contributed by atoms with E-state index in [2.05, 4.69) is 52.4 Å². The van der Waals surface area contributed by atoms with E-state index in [9.17, 15) is 4.39 Å². The summed E-state index contributed by atoms with van der Waals surface area (Å²) < 4.78 is 13.8. The average Bonchev–Trinajstić information content (AvgIpc) is 2.48. The summed E-state index contributed by atoms with van der Waals surface area (Å²) in [5.41, 5.74) is 2.39. The molecule has 0 spiro atoms. The summed E-state index contributed by atoms with van der Waals surface area (Å²) in [4.78, 5) is 0. The van der Waals surface area contributed by atoms with Gasteiger partial charge in [0.15, 0.2) is 0 Å². The van der Waals surface area contributed by atoms with E-state index in [0.29, 0.717) is 4.47 Å². The molecule has 2 aromatic rings. The van der Waals surface area contributed by atoms with Crippen LogP contribution in [0, 0.1) is 5.82 Å². The Labute approximate surface area is 128 Å². The van der Waals surface area contributed by atoms with Crippen LogP contribution in [0.4, 0.5) is 4.39 Å². The third-order valence-corrected chi connectivity index (χ3v) is 3.87. The average molecular weight is 336 g/mol. The molecule has 2 rings (SSSR count). The second-order valence-corrected chi connectivity index (χ2v) is 5.72. The van der Waals surface area contributed by atoms with Gasteiger partial charge in [-0.1, -0.05) is 43.3 Å². The molecule has 1 unspecified atom stereocenters. The molecule has 0 heterocycles. The number of rotatable bonds is 6. The van der Waals surface area contributed by atoms with Gasteiger partial charge in [-0.25, -0.2) is 4.39 Å². The molecule has 106 valence electrons. The Hall–Kier alpha value is -1.19. The van der Waals surface area contributed by atoms with Gasteiger partial charge < -0.3 is 5.32 Å². The predicted octanol–water partition coefficient (Wildman–Crippen LogP) is 4.87. The van der Waals surface area contributed by atoms with Crippen LogP contribution in [-0.4, -0.2) is 6.54 Å². The van der Waals surface area contributed by atoms with E-state index >= 15 is 0 Å². The Morgan fingerprint density at radius 2 is 1.90 bits per heavy atom. The third-order valence-electron chi connectivity index (χ3n) is 3.27. The molecule has 0 aliphatic carbocycles. The van der Waals surface area contributed by atoms with Gasteiger partial charge in [0.25, 0.3) is 0 Å². The van der Waals surface area contributed by atoms with Crippen molar-refractivity contribution in [2.75, 3.05) is 6.54 Å². The van der Waals surface area contributed by atoms with Gasteiger partial charge in [0.05, 0.1) is 4.47 Å². The van der Waals surface area contributed by atoms with Crippen molar-refractivity contribution >= 4 is 15.9 Å². The molecule has 1 atom stereocenters. The highest BCUT2D eigenvalue weighted by atomic mass is 79.9. The molecule has 0 radical (unpaired) electrons. The highest BCUT2D eigenvalue weighted by Gasteiger charge is 2.12. The molecule has 0 aliphatic heterocycles. The quantitative estimate of drug-likeness (QED) is 0.793. The topological polar surface area (TPSA) is 12.0 Å². The SMILES string of the molecule is CCCNC(Cc1ccc(F)c(Br)c1)c1ccccc1. The highest BCUT2D eigenvalue weighted by Crippen LogP contribution is 2.22. The first-order valence-corrected chi connectivity index (χ1v) is 7.72. The monoisotopic (exact) mass is 335 g/mol. The lowest BCUT2D eigenvalue weighted by molar-refractivity contribution is 0.528. The zero-order chi connectivity index (χ0) is 14.4. The summed E-state index contributed by atoms with van der Waals surface area (Å²) >= 11 is 3.25. The van der Waals surface area contributed by atoms with E-state index in [1.165, 1.54) is 11.6 Å². The molecule has 0 saturated carbocycles. The molecular formula is C17H19BrFN. The van der Waals surface area contributed by atoms with Gasteiger partial charge in [-0.15, -0.1) is 0 Å². The number of hydrogen-bond donors (Lipinski definition) is 1. The Morgan fingerprint density at radius 3 is 2.55 bits per heavy atom. The van der Waals surface area contributed by atoms with Gasteiger partial charge in [0.2, 0.25) is 0 Å². The fourth-order valence-electron chi connectivity index (χ4n) is 2.21. The summed E-state index contributed by atoms with van der Waals surface area (Å²) in [5, 5.41) is 3.56. The number of benzene rings is 2. The van der Waals surface area contributed by atoms with Gasteiger partial charge in [-0.3, -0.25) is 0 Å². The van der Waals surface area contributed by atoms with Crippen LogP contribution in [0.1, 0.15) is 30.5 Å². The van der Waals surface area contributed by atoms with Crippen LogP contribution >= 0.6 is 15.9 Å². The lowest BCUT2D eigenvalue weighted by Gasteiger charge is -2.19. The van der Waals surface area contributed by atoms with Crippen molar-refractivity contribution in [3.8, 4) is 0 Å². The molecule has 3 heteroatoms. The molecule has 1 N–H and O–H groups in total. The molecule has 0 aromatic heterocycles. The molecule has 0 bridgehead atoms. The summed E-state index contributed by atoms with van der Waals surface area (Å²) in [6.07, 6.45) is 1.94. The summed E-state index contributed by atoms with van der Waals surface area (Å²) in [6.45, 7) is 3.13. The Bertz CT molecular complexity index is 542. The zero-order valence-electron chi connectivity index (χ0n) is 11.6. The minimum absolute atomic E-state index is 0.216. The fraction of sp³-hybridized carbons (Fsp3) is 0.294. The lowest BCUT2D eigenvalue weighted by Crippen LogP contribution is -2.24. The predicted molar refractivity (Wildman–Crippen MR) is 85.3 cm³/mol. The van der Waals surface area contributed by atoms with Gasteiger partial charge in [0.1, 0.15) is 5.82 Å². The third kappa shape index (κ3) is 4.15. The van der Waals surface area contributed by atoms with Crippen molar-refractivity contribution in [2.45, 2.75) is 25.8 Å². The molecule has 0 saturated heterocycles. The first-order valence-electron chi connectivity index (χ1n) is 6.93. The summed E-state index contributed by atoms with van der Waals surface area (Å²) in [6, 6.07) is 15.9. The molecule has 2 aromatic carbocycles. The van der Waals surface area contributed by atoms with Crippen molar-refractivity contribution < 1.29 is 4.39 Å². The van der Waals surface area contributed by atoms with Crippen molar-refractivity contribution in [1.29, 1.82) is 0 Å². The number of halogens is 2. The van der Waals surface area contributed by atoms with Crippen LogP contribution in [0.15, 0.2) is 53.0 Å².